The largest absolute Gasteiger partial charge is 0.353 e. The molecule has 0 atom stereocenters. The molecule has 5 nitrogen and oxygen atoms in total. The number of rotatable bonds is 7. The van der Waals surface area contributed by atoms with E-state index in [2.05, 4.69) is 5.32 Å². The number of benzene rings is 1. The normalized spacial score (nSPS) is 30.9. The first kappa shape index (κ1) is 22.6. The van der Waals surface area contributed by atoms with Gasteiger partial charge in [0, 0.05) is 44.0 Å². The first-order valence-corrected chi connectivity index (χ1v) is 13.0. The molecule has 5 heteroatoms. The van der Waals surface area contributed by atoms with Crippen LogP contribution in [0.5, 0.6) is 0 Å². The van der Waals surface area contributed by atoms with E-state index in [9.17, 15) is 14.4 Å². The van der Waals surface area contributed by atoms with Crippen LogP contribution in [0.25, 0.3) is 0 Å². The minimum atomic E-state index is 0.0233. The number of amides is 2. The minimum absolute atomic E-state index is 0.0233. The maximum atomic E-state index is 12.9. The SMILES string of the molecule is Cc1ccc(C(=O)CCC(=O)N2CCC(NC(=O)CC34CC5CC(CC(C5)C3)C4)CC2)cc1. The zero-order chi connectivity index (χ0) is 23.0. The van der Waals surface area contributed by atoms with E-state index in [0.29, 0.717) is 25.1 Å². The number of nitrogens with zero attached hydrogens (tertiary/aromatic N) is 1. The third-order valence-electron chi connectivity index (χ3n) is 8.85. The van der Waals surface area contributed by atoms with Crippen molar-refractivity contribution in [1.82, 2.24) is 10.2 Å². The van der Waals surface area contributed by atoms with Gasteiger partial charge in [-0.3, -0.25) is 14.4 Å². The van der Waals surface area contributed by atoms with Crippen molar-refractivity contribution < 1.29 is 14.4 Å². The molecule has 2 amide bonds. The van der Waals surface area contributed by atoms with Crippen molar-refractivity contribution in [3.05, 3.63) is 35.4 Å². The predicted molar refractivity (Wildman–Crippen MR) is 128 cm³/mol. The number of hydrogen-bond acceptors (Lipinski definition) is 3. The second kappa shape index (κ2) is 9.23. The van der Waals surface area contributed by atoms with Gasteiger partial charge in [0.15, 0.2) is 5.78 Å². The second-order valence-corrected chi connectivity index (χ2v) is 11.6. The van der Waals surface area contributed by atoms with Gasteiger partial charge in [-0.1, -0.05) is 29.8 Å². The van der Waals surface area contributed by atoms with Gasteiger partial charge in [-0.15, -0.1) is 0 Å². The van der Waals surface area contributed by atoms with Crippen molar-refractivity contribution in [2.75, 3.05) is 13.1 Å². The van der Waals surface area contributed by atoms with Gasteiger partial charge < -0.3 is 10.2 Å². The third-order valence-corrected chi connectivity index (χ3v) is 8.85. The fourth-order valence-electron chi connectivity index (χ4n) is 7.66. The molecule has 6 rings (SSSR count). The molecule has 1 aliphatic heterocycles. The minimum Gasteiger partial charge on any atom is -0.353 e. The van der Waals surface area contributed by atoms with Gasteiger partial charge in [0.1, 0.15) is 0 Å². The predicted octanol–water partition coefficient (Wildman–Crippen LogP) is 4.67. The van der Waals surface area contributed by atoms with E-state index in [1.54, 1.807) is 0 Å². The average Bonchev–Trinajstić information content (AvgIpc) is 2.77. The number of carbonyl (C=O) groups is 3. The number of nitrogens with one attached hydrogen (secondary N) is 1. The first-order valence-electron chi connectivity index (χ1n) is 13.0. The van der Waals surface area contributed by atoms with Gasteiger partial charge >= 0.3 is 0 Å². The Hall–Kier alpha value is -2.17. The van der Waals surface area contributed by atoms with Crippen LogP contribution in [-0.2, 0) is 9.59 Å². The van der Waals surface area contributed by atoms with E-state index in [1.807, 2.05) is 36.1 Å². The lowest BCUT2D eigenvalue weighted by Crippen LogP contribution is -2.50. The van der Waals surface area contributed by atoms with Crippen LogP contribution in [0.4, 0.5) is 0 Å². The summed E-state index contributed by atoms with van der Waals surface area (Å²) in [5, 5.41) is 3.30. The van der Waals surface area contributed by atoms with Crippen molar-refractivity contribution in [3.8, 4) is 0 Å². The molecule has 1 N–H and O–H groups in total. The molecule has 4 aliphatic carbocycles. The molecule has 4 bridgehead atoms. The van der Waals surface area contributed by atoms with Crippen molar-refractivity contribution in [2.24, 2.45) is 23.2 Å². The molecule has 5 fully saturated rings. The molecular weight excluding hydrogens is 412 g/mol. The molecule has 1 aromatic carbocycles. The Morgan fingerprint density at radius 1 is 0.909 bits per heavy atom. The first-order chi connectivity index (χ1) is 15.9. The van der Waals surface area contributed by atoms with Gasteiger partial charge in [0.25, 0.3) is 0 Å². The second-order valence-electron chi connectivity index (χ2n) is 11.6. The molecule has 4 saturated carbocycles. The molecule has 5 aliphatic rings. The molecule has 0 unspecified atom stereocenters. The van der Waals surface area contributed by atoms with Crippen LogP contribution in [0.2, 0.25) is 0 Å². The summed E-state index contributed by atoms with van der Waals surface area (Å²) >= 11 is 0. The highest BCUT2D eigenvalue weighted by Gasteiger charge is 2.51. The Balaban J connectivity index is 1.04. The van der Waals surface area contributed by atoms with Crippen molar-refractivity contribution in [2.45, 2.75) is 83.6 Å². The van der Waals surface area contributed by atoms with Crippen LogP contribution in [0.1, 0.15) is 86.6 Å². The molecule has 33 heavy (non-hydrogen) atoms. The van der Waals surface area contributed by atoms with Crippen molar-refractivity contribution >= 4 is 17.6 Å². The van der Waals surface area contributed by atoms with Crippen LogP contribution in [-0.4, -0.2) is 41.6 Å². The van der Waals surface area contributed by atoms with Gasteiger partial charge in [-0.25, -0.2) is 0 Å². The quantitative estimate of drug-likeness (QED) is 0.614. The van der Waals surface area contributed by atoms with Crippen molar-refractivity contribution in [1.29, 1.82) is 0 Å². The number of piperidine rings is 1. The topological polar surface area (TPSA) is 66.5 Å². The Labute approximate surface area is 197 Å². The standard InChI is InChI=1S/C28H38N2O3/c1-19-2-4-23(5-3-19)25(31)6-7-27(33)30-10-8-24(9-11-30)29-26(32)18-28-15-20-12-21(16-28)14-22(13-20)17-28/h2-5,20-22,24H,6-18H2,1H3,(H,29,32). The summed E-state index contributed by atoms with van der Waals surface area (Å²) in [4.78, 5) is 39.8. The molecule has 0 spiro atoms. The molecule has 1 aromatic rings. The Morgan fingerprint density at radius 2 is 1.48 bits per heavy atom. The van der Waals surface area contributed by atoms with Crippen LogP contribution < -0.4 is 5.32 Å². The van der Waals surface area contributed by atoms with E-state index in [-0.39, 0.29) is 41.9 Å². The fraction of sp³-hybridized carbons (Fsp3) is 0.679. The van der Waals surface area contributed by atoms with Gasteiger partial charge in [0.05, 0.1) is 0 Å². The maximum absolute atomic E-state index is 12.9. The summed E-state index contributed by atoms with van der Waals surface area (Å²) < 4.78 is 0. The number of ketones is 1. The highest BCUT2D eigenvalue weighted by molar-refractivity contribution is 5.98. The summed E-state index contributed by atoms with van der Waals surface area (Å²) in [6.45, 7) is 3.33. The van der Waals surface area contributed by atoms with Crippen LogP contribution in [0.3, 0.4) is 0 Å². The number of hydrogen-bond donors (Lipinski definition) is 1. The summed E-state index contributed by atoms with van der Waals surface area (Å²) in [5.41, 5.74) is 2.07. The molecule has 1 heterocycles. The number of likely N-dealkylation sites (tertiary alicyclic amines) is 1. The van der Waals surface area contributed by atoms with E-state index in [4.69, 9.17) is 0 Å². The summed E-state index contributed by atoms with van der Waals surface area (Å²) in [6.07, 6.45) is 10.9. The Kier molecular flexibility index (Phi) is 6.32. The summed E-state index contributed by atoms with van der Waals surface area (Å²) in [7, 11) is 0. The molecule has 0 radical (unpaired) electrons. The average molecular weight is 451 g/mol. The lowest BCUT2D eigenvalue weighted by atomic mass is 9.49. The van der Waals surface area contributed by atoms with Crippen LogP contribution in [0, 0.1) is 30.1 Å². The molecular formula is C28H38N2O3. The summed E-state index contributed by atoms with van der Waals surface area (Å²) in [6, 6.07) is 7.69. The van der Waals surface area contributed by atoms with E-state index in [0.717, 1.165) is 36.2 Å². The lowest BCUT2D eigenvalue weighted by molar-refractivity contribution is -0.132. The Bertz CT molecular complexity index is 863. The van der Waals surface area contributed by atoms with E-state index in [1.165, 1.54) is 38.5 Å². The summed E-state index contributed by atoms with van der Waals surface area (Å²) in [5.74, 6) is 2.91. The maximum Gasteiger partial charge on any atom is 0.223 e. The molecule has 178 valence electrons. The highest BCUT2D eigenvalue weighted by Crippen LogP contribution is 2.61. The monoisotopic (exact) mass is 450 g/mol. The molecule has 0 aromatic heterocycles. The van der Waals surface area contributed by atoms with E-state index >= 15 is 0 Å². The highest BCUT2D eigenvalue weighted by atomic mass is 16.2. The van der Waals surface area contributed by atoms with Gasteiger partial charge in [0.2, 0.25) is 11.8 Å². The van der Waals surface area contributed by atoms with Gasteiger partial charge in [-0.2, -0.15) is 0 Å². The van der Waals surface area contributed by atoms with Crippen molar-refractivity contribution in [3.63, 3.8) is 0 Å². The fourth-order valence-corrected chi connectivity index (χ4v) is 7.66. The van der Waals surface area contributed by atoms with Crippen LogP contribution >= 0.6 is 0 Å². The third kappa shape index (κ3) is 5.17. The zero-order valence-corrected chi connectivity index (χ0v) is 20.0. The Morgan fingerprint density at radius 3 is 2.06 bits per heavy atom. The smallest absolute Gasteiger partial charge is 0.223 e. The van der Waals surface area contributed by atoms with Gasteiger partial charge in [-0.05, 0) is 81.5 Å². The van der Waals surface area contributed by atoms with Crippen LogP contribution in [0.15, 0.2) is 24.3 Å². The van der Waals surface area contributed by atoms with E-state index < -0.39 is 0 Å². The number of aryl methyl sites for hydroxylation is 1. The number of carbonyl (C=O) groups excluding carboxylic acids is 3. The lowest BCUT2D eigenvalue weighted by Gasteiger charge is -2.56. The zero-order valence-electron chi connectivity index (χ0n) is 20.0. The number of Topliss-reactive ketones (excluding diaryl/α,β-unsaturated/α-hetero) is 1. The molecule has 1 saturated heterocycles.